The van der Waals surface area contributed by atoms with Crippen LogP contribution in [0.4, 0.5) is 10.1 Å². The van der Waals surface area contributed by atoms with Crippen molar-refractivity contribution in [1.82, 2.24) is 0 Å². The molecular weight excluding hydrogens is 317 g/mol. The molecule has 0 aliphatic heterocycles. The van der Waals surface area contributed by atoms with Crippen LogP contribution in [0.2, 0.25) is 0 Å². The first kappa shape index (κ1) is 15.0. The van der Waals surface area contributed by atoms with Crippen molar-refractivity contribution in [3.63, 3.8) is 0 Å². The molecule has 1 nitrogen and oxygen atoms in total. The highest BCUT2D eigenvalue weighted by molar-refractivity contribution is 9.10. The fraction of sp³-hybridized carbons (Fsp3) is 0.294. The largest absolute Gasteiger partial charge is 0.381 e. The molecule has 0 radical (unpaired) electrons. The van der Waals surface area contributed by atoms with Gasteiger partial charge in [-0.15, -0.1) is 0 Å². The first-order valence-electron chi connectivity index (χ1n) is 6.96. The molecule has 0 unspecified atom stereocenters. The van der Waals surface area contributed by atoms with Crippen molar-refractivity contribution >= 4 is 21.6 Å². The van der Waals surface area contributed by atoms with Gasteiger partial charge in [-0.05, 0) is 64.2 Å². The van der Waals surface area contributed by atoms with E-state index in [-0.39, 0.29) is 5.82 Å². The smallest absolute Gasteiger partial charge is 0.137 e. The summed E-state index contributed by atoms with van der Waals surface area (Å²) in [7, 11) is 0. The van der Waals surface area contributed by atoms with E-state index in [0.29, 0.717) is 11.0 Å². The van der Waals surface area contributed by atoms with Gasteiger partial charge in [-0.3, -0.25) is 0 Å². The average Bonchev–Trinajstić information content (AvgIpc) is 2.47. The molecule has 0 saturated carbocycles. The Bertz CT molecular complexity index is 551. The van der Waals surface area contributed by atoms with Gasteiger partial charge < -0.3 is 5.32 Å². The summed E-state index contributed by atoms with van der Waals surface area (Å²) in [5.41, 5.74) is 3.36. The summed E-state index contributed by atoms with van der Waals surface area (Å²) in [5, 5.41) is 3.31. The number of halogens is 2. The van der Waals surface area contributed by atoms with E-state index in [1.165, 1.54) is 18.4 Å². The predicted octanol–water partition coefficient (Wildman–Crippen LogP) is 5.54. The Morgan fingerprint density at radius 3 is 2.40 bits per heavy atom. The third kappa shape index (κ3) is 4.34. The molecule has 0 saturated heterocycles. The number of aryl methyl sites for hydroxylation is 1. The van der Waals surface area contributed by atoms with Crippen LogP contribution in [0.5, 0.6) is 0 Å². The summed E-state index contributed by atoms with van der Waals surface area (Å²) in [6.45, 7) is 2.83. The van der Waals surface area contributed by atoms with Gasteiger partial charge in [0.25, 0.3) is 0 Å². The maximum Gasteiger partial charge on any atom is 0.137 e. The van der Waals surface area contributed by atoms with E-state index < -0.39 is 0 Å². The van der Waals surface area contributed by atoms with Crippen LogP contribution >= 0.6 is 15.9 Å². The van der Waals surface area contributed by atoms with Gasteiger partial charge in [0, 0.05) is 12.2 Å². The molecule has 2 aromatic carbocycles. The zero-order valence-corrected chi connectivity index (χ0v) is 13.2. The number of benzene rings is 2. The van der Waals surface area contributed by atoms with Crippen LogP contribution in [0.1, 0.15) is 30.9 Å². The van der Waals surface area contributed by atoms with Crippen LogP contribution in [-0.4, -0.2) is 0 Å². The highest BCUT2D eigenvalue weighted by Crippen LogP contribution is 2.18. The third-order valence-electron chi connectivity index (χ3n) is 3.25. The predicted molar refractivity (Wildman–Crippen MR) is 86.5 cm³/mol. The summed E-state index contributed by atoms with van der Waals surface area (Å²) in [4.78, 5) is 0. The number of anilines is 1. The molecule has 0 spiro atoms. The molecule has 106 valence electrons. The molecule has 0 aliphatic carbocycles. The Morgan fingerprint density at radius 2 is 1.75 bits per heavy atom. The van der Waals surface area contributed by atoms with Gasteiger partial charge in [-0.1, -0.05) is 31.5 Å². The molecule has 0 aliphatic rings. The van der Waals surface area contributed by atoms with E-state index in [1.54, 1.807) is 12.1 Å². The monoisotopic (exact) mass is 335 g/mol. The second kappa shape index (κ2) is 7.44. The molecule has 2 aromatic rings. The number of unbranched alkanes of at least 4 members (excludes halogenated alkanes) is 1. The Balaban J connectivity index is 1.91. The van der Waals surface area contributed by atoms with Gasteiger partial charge in [-0.2, -0.15) is 0 Å². The molecule has 0 atom stereocenters. The second-order valence-electron chi connectivity index (χ2n) is 4.90. The third-order valence-corrected chi connectivity index (χ3v) is 3.90. The van der Waals surface area contributed by atoms with Gasteiger partial charge in [0.1, 0.15) is 5.82 Å². The van der Waals surface area contributed by atoms with E-state index >= 15 is 0 Å². The van der Waals surface area contributed by atoms with E-state index in [2.05, 4.69) is 52.4 Å². The van der Waals surface area contributed by atoms with E-state index in [4.69, 9.17) is 0 Å². The van der Waals surface area contributed by atoms with Crippen molar-refractivity contribution < 1.29 is 4.39 Å². The SMILES string of the molecule is CCCCc1ccc(NCc2ccc(Br)c(F)c2)cc1. The maximum atomic E-state index is 13.4. The van der Waals surface area contributed by atoms with Crippen LogP contribution < -0.4 is 5.32 Å². The average molecular weight is 336 g/mol. The Hall–Kier alpha value is -1.35. The topological polar surface area (TPSA) is 12.0 Å². The van der Waals surface area contributed by atoms with Crippen molar-refractivity contribution in [2.24, 2.45) is 0 Å². The van der Waals surface area contributed by atoms with E-state index in [1.807, 2.05) is 6.07 Å². The molecule has 1 N–H and O–H groups in total. The van der Waals surface area contributed by atoms with Crippen molar-refractivity contribution in [2.75, 3.05) is 5.32 Å². The van der Waals surface area contributed by atoms with Crippen LogP contribution in [0.25, 0.3) is 0 Å². The highest BCUT2D eigenvalue weighted by Gasteiger charge is 2.01. The normalized spacial score (nSPS) is 10.6. The first-order chi connectivity index (χ1) is 9.69. The van der Waals surface area contributed by atoms with Crippen LogP contribution in [0.3, 0.4) is 0 Å². The van der Waals surface area contributed by atoms with Crippen LogP contribution in [0, 0.1) is 5.82 Å². The van der Waals surface area contributed by atoms with Crippen LogP contribution in [-0.2, 0) is 13.0 Å². The molecule has 0 amide bonds. The zero-order chi connectivity index (χ0) is 14.4. The lowest BCUT2D eigenvalue weighted by atomic mass is 10.1. The number of hydrogen-bond acceptors (Lipinski definition) is 1. The number of hydrogen-bond donors (Lipinski definition) is 1. The van der Waals surface area contributed by atoms with Crippen molar-refractivity contribution in [3.05, 3.63) is 63.9 Å². The van der Waals surface area contributed by atoms with Gasteiger partial charge in [0.2, 0.25) is 0 Å². The number of nitrogens with one attached hydrogen (secondary N) is 1. The second-order valence-corrected chi connectivity index (χ2v) is 5.76. The molecule has 0 fully saturated rings. The maximum absolute atomic E-state index is 13.4. The minimum absolute atomic E-state index is 0.223. The highest BCUT2D eigenvalue weighted by atomic mass is 79.9. The minimum Gasteiger partial charge on any atom is -0.381 e. The fourth-order valence-corrected chi connectivity index (χ4v) is 2.27. The molecule has 3 heteroatoms. The lowest BCUT2D eigenvalue weighted by Crippen LogP contribution is -2.00. The molecule has 2 rings (SSSR count). The van der Waals surface area contributed by atoms with Crippen molar-refractivity contribution in [3.8, 4) is 0 Å². The molecular formula is C17H19BrFN. The van der Waals surface area contributed by atoms with E-state index in [9.17, 15) is 4.39 Å². The van der Waals surface area contributed by atoms with Crippen molar-refractivity contribution in [1.29, 1.82) is 0 Å². The Morgan fingerprint density at radius 1 is 1.05 bits per heavy atom. The van der Waals surface area contributed by atoms with Gasteiger partial charge >= 0.3 is 0 Å². The molecule has 0 heterocycles. The van der Waals surface area contributed by atoms with Gasteiger partial charge in [-0.25, -0.2) is 4.39 Å². The summed E-state index contributed by atoms with van der Waals surface area (Å²) >= 11 is 3.16. The quantitative estimate of drug-likeness (QED) is 0.730. The standard InChI is InChI=1S/C17H19BrFN/c1-2-3-4-13-5-8-15(9-6-13)20-12-14-7-10-16(18)17(19)11-14/h5-11,20H,2-4,12H2,1H3. The van der Waals surface area contributed by atoms with Crippen LogP contribution in [0.15, 0.2) is 46.9 Å². The Kier molecular flexibility index (Phi) is 5.60. The van der Waals surface area contributed by atoms with Gasteiger partial charge in [0.15, 0.2) is 0 Å². The summed E-state index contributed by atoms with van der Waals surface area (Å²) in [6, 6.07) is 13.7. The first-order valence-corrected chi connectivity index (χ1v) is 7.75. The zero-order valence-electron chi connectivity index (χ0n) is 11.6. The molecule has 0 aromatic heterocycles. The summed E-state index contributed by atoms with van der Waals surface area (Å²) in [6.07, 6.45) is 3.58. The Labute approximate surface area is 128 Å². The summed E-state index contributed by atoms with van der Waals surface area (Å²) in [5.74, 6) is -0.223. The lowest BCUT2D eigenvalue weighted by molar-refractivity contribution is 0.619. The molecule has 20 heavy (non-hydrogen) atoms. The minimum atomic E-state index is -0.223. The summed E-state index contributed by atoms with van der Waals surface area (Å²) < 4.78 is 13.9. The van der Waals surface area contributed by atoms with Crippen molar-refractivity contribution in [2.45, 2.75) is 32.7 Å². The lowest BCUT2D eigenvalue weighted by Gasteiger charge is -2.08. The number of rotatable bonds is 6. The molecule has 0 bridgehead atoms. The van der Waals surface area contributed by atoms with E-state index in [0.717, 1.165) is 17.7 Å². The fourth-order valence-electron chi connectivity index (χ4n) is 2.02. The van der Waals surface area contributed by atoms with Gasteiger partial charge in [0.05, 0.1) is 4.47 Å².